The predicted molar refractivity (Wildman–Crippen MR) is 70.6 cm³/mol. The number of hydrogen-bond donors (Lipinski definition) is 3. The van der Waals surface area contributed by atoms with Gasteiger partial charge in [0.15, 0.2) is 0 Å². The lowest BCUT2D eigenvalue weighted by molar-refractivity contribution is -0.121. The van der Waals surface area contributed by atoms with E-state index in [0.29, 0.717) is 18.9 Å². The lowest BCUT2D eigenvalue weighted by Crippen LogP contribution is -2.29. The number of amides is 1. The quantitative estimate of drug-likeness (QED) is 0.544. The Morgan fingerprint density at radius 3 is 2.59 bits per heavy atom. The van der Waals surface area contributed by atoms with E-state index in [1.807, 2.05) is 6.92 Å². The SMILES string of the molecule is CCCC(CCO)CNC(=O)CCCC(C)N. The minimum atomic E-state index is 0.102. The van der Waals surface area contributed by atoms with E-state index < -0.39 is 0 Å². The van der Waals surface area contributed by atoms with Crippen molar-refractivity contribution < 1.29 is 9.90 Å². The van der Waals surface area contributed by atoms with E-state index in [4.69, 9.17) is 10.8 Å². The van der Waals surface area contributed by atoms with E-state index in [-0.39, 0.29) is 18.6 Å². The Hall–Kier alpha value is -0.610. The van der Waals surface area contributed by atoms with Crippen molar-refractivity contribution in [2.24, 2.45) is 11.7 Å². The van der Waals surface area contributed by atoms with E-state index >= 15 is 0 Å². The molecule has 4 nitrogen and oxygen atoms in total. The summed E-state index contributed by atoms with van der Waals surface area (Å²) in [5.41, 5.74) is 5.62. The summed E-state index contributed by atoms with van der Waals surface area (Å²) in [5, 5.41) is 11.8. The topological polar surface area (TPSA) is 75.3 Å². The van der Waals surface area contributed by atoms with Crippen LogP contribution in [0, 0.1) is 5.92 Å². The number of rotatable bonds is 10. The molecule has 0 aliphatic rings. The highest BCUT2D eigenvalue weighted by atomic mass is 16.3. The Labute approximate surface area is 105 Å². The first-order chi connectivity index (χ1) is 8.10. The summed E-state index contributed by atoms with van der Waals surface area (Å²) >= 11 is 0. The van der Waals surface area contributed by atoms with Crippen LogP contribution in [0.2, 0.25) is 0 Å². The first kappa shape index (κ1) is 16.4. The van der Waals surface area contributed by atoms with Gasteiger partial charge in [0.25, 0.3) is 0 Å². The van der Waals surface area contributed by atoms with Crippen LogP contribution in [0.1, 0.15) is 52.4 Å². The van der Waals surface area contributed by atoms with Crippen molar-refractivity contribution in [3.63, 3.8) is 0 Å². The van der Waals surface area contributed by atoms with Crippen molar-refractivity contribution in [1.29, 1.82) is 0 Å². The largest absolute Gasteiger partial charge is 0.396 e. The Kier molecular flexibility index (Phi) is 10.2. The van der Waals surface area contributed by atoms with Gasteiger partial charge in [-0.15, -0.1) is 0 Å². The minimum absolute atomic E-state index is 0.102. The summed E-state index contributed by atoms with van der Waals surface area (Å²) in [5.74, 6) is 0.507. The van der Waals surface area contributed by atoms with Crippen LogP contribution in [0.5, 0.6) is 0 Å². The van der Waals surface area contributed by atoms with E-state index in [9.17, 15) is 4.79 Å². The molecule has 0 heterocycles. The molecular weight excluding hydrogens is 216 g/mol. The summed E-state index contributed by atoms with van der Waals surface area (Å²) in [6.07, 6.45) is 5.21. The lowest BCUT2D eigenvalue weighted by Gasteiger charge is -2.15. The molecule has 4 heteroatoms. The summed E-state index contributed by atoms with van der Waals surface area (Å²) in [7, 11) is 0. The fraction of sp³-hybridized carbons (Fsp3) is 0.923. The van der Waals surface area contributed by atoms with Crippen LogP contribution < -0.4 is 11.1 Å². The third-order valence-corrected chi connectivity index (χ3v) is 2.89. The molecule has 0 aliphatic carbocycles. The molecule has 0 saturated carbocycles. The van der Waals surface area contributed by atoms with Crippen molar-refractivity contribution in [3.05, 3.63) is 0 Å². The summed E-state index contributed by atoms with van der Waals surface area (Å²) in [4.78, 5) is 11.5. The second kappa shape index (κ2) is 10.5. The monoisotopic (exact) mass is 244 g/mol. The lowest BCUT2D eigenvalue weighted by atomic mass is 10.00. The van der Waals surface area contributed by atoms with Gasteiger partial charge >= 0.3 is 0 Å². The third kappa shape index (κ3) is 10.3. The van der Waals surface area contributed by atoms with Crippen molar-refractivity contribution in [2.75, 3.05) is 13.2 Å². The molecule has 0 saturated heterocycles. The van der Waals surface area contributed by atoms with E-state index in [0.717, 1.165) is 32.1 Å². The van der Waals surface area contributed by atoms with Gasteiger partial charge in [0.05, 0.1) is 0 Å². The molecule has 2 unspecified atom stereocenters. The fourth-order valence-corrected chi connectivity index (χ4v) is 1.87. The summed E-state index contributed by atoms with van der Waals surface area (Å²) in [6, 6.07) is 0.171. The molecule has 4 N–H and O–H groups in total. The van der Waals surface area contributed by atoms with E-state index in [1.54, 1.807) is 0 Å². The van der Waals surface area contributed by atoms with Crippen LogP contribution in [-0.2, 0) is 4.79 Å². The molecule has 102 valence electrons. The zero-order chi connectivity index (χ0) is 13.1. The van der Waals surface area contributed by atoms with Crippen molar-refractivity contribution >= 4 is 5.91 Å². The van der Waals surface area contributed by atoms with Gasteiger partial charge < -0.3 is 16.2 Å². The predicted octanol–water partition coefficient (Wildman–Crippen LogP) is 1.42. The van der Waals surface area contributed by atoms with E-state index in [2.05, 4.69) is 12.2 Å². The van der Waals surface area contributed by atoms with Crippen LogP contribution in [0.25, 0.3) is 0 Å². The number of carbonyl (C=O) groups excluding carboxylic acids is 1. The molecule has 0 fully saturated rings. The van der Waals surface area contributed by atoms with Crippen molar-refractivity contribution in [2.45, 2.75) is 58.4 Å². The minimum Gasteiger partial charge on any atom is -0.396 e. The standard InChI is InChI=1S/C13H28N2O2/c1-3-5-12(8-9-16)10-15-13(17)7-4-6-11(2)14/h11-12,16H,3-10,14H2,1-2H3,(H,15,17). The first-order valence-corrected chi connectivity index (χ1v) is 6.73. The molecule has 1 amide bonds. The van der Waals surface area contributed by atoms with Crippen LogP contribution in [-0.4, -0.2) is 30.2 Å². The maximum absolute atomic E-state index is 11.5. The van der Waals surface area contributed by atoms with Crippen molar-refractivity contribution in [3.8, 4) is 0 Å². The Bertz CT molecular complexity index is 190. The maximum atomic E-state index is 11.5. The number of carbonyl (C=O) groups is 1. The van der Waals surface area contributed by atoms with Crippen LogP contribution in [0.15, 0.2) is 0 Å². The molecule has 0 rings (SSSR count). The molecular formula is C13H28N2O2. The molecule has 0 spiro atoms. The number of nitrogens with two attached hydrogens (primary N) is 1. The number of hydrogen-bond acceptors (Lipinski definition) is 3. The second-order valence-electron chi connectivity index (χ2n) is 4.84. The first-order valence-electron chi connectivity index (χ1n) is 6.73. The highest BCUT2D eigenvalue weighted by molar-refractivity contribution is 5.75. The molecule has 0 aromatic carbocycles. The normalized spacial score (nSPS) is 14.4. The Balaban J connectivity index is 3.64. The molecule has 0 aromatic rings. The van der Waals surface area contributed by atoms with Gasteiger partial charge in [-0.1, -0.05) is 13.3 Å². The average molecular weight is 244 g/mol. The summed E-state index contributed by atoms with van der Waals surface area (Å²) < 4.78 is 0. The molecule has 0 radical (unpaired) electrons. The van der Waals surface area contributed by atoms with Gasteiger partial charge in [-0.25, -0.2) is 0 Å². The smallest absolute Gasteiger partial charge is 0.220 e. The van der Waals surface area contributed by atoms with Crippen molar-refractivity contribution in [1.82, 2.24) is 5.32 Å². The van der Waals surface area contributed by atoms with Crippen LogP contribution in [0.3, 0.4) is 0 Å². The number of aliphatic hydroxyl groups excluding tert-OH is 1. The molecule has 2 atom stereocenters. The van der Waals surface area contributed by atoms with Gasteiger partial charge in [0.2, 0.25) is 5.91 Å². The van der Waals surface area contributed by atoms with Gasteiger partial charge in [0.1, 0.15) is 0 Å². The number of aliphatic hydroxyl groups is 1. The molecule has 0 aliphatic heterocycles. The van der Waals surface area contributed by atoms with E-state index in [1.165, 1.54) is 0 Å². The van der Waals surface area contributed by atoms with Gasteiger partial charge in [-0.3, -0.25) is 4.79 Å². The molecule has 0 bridgehead atoms. The summed E-state index contributed by atoms with van der Waals surface area (Å²) in [6.45, 7) is 4.96. The highest BCUT2D eigenvalue weighted by Gasteiger charge is 2.09. The van der Waals surface area contributed by atoms with Crippen LogP contribution >= 0.6 is 0 Å². The zero-order valence-electron chi connectivity index (χ0n) is 11.2. The molecule has 0 aromatic heterocycles. The molecule has 17 heavy (non-hydrogen) atoms. The van der Waals surface area contributed by atoms with Crippen LogP contribution in [0.4, 0.5) is 0 Å². The van der Waals surface area contributed by atoms with Gasteiger partial charge in [-0.05, 0) is 38.5 Å². The number of nitrogens with one attached hydrogen (secondary N) is 1. The average Bonchev–Trinajstić information content (AvgIpc) is 2.26. The van der Waals surface area contributed by atoms with Gasteiger partial charge in [0, 0.05) is 25.6 Å². The highest BCUT2D eigenvalue weighted by Crippen LogP contribution is 2.09. The Morgan fingerprint density at radius 1 is 1.35 bits per heavy atom. The third-order valence-electron chi connectivity index (χ3n) is 2.89. The Morgan fingerprint density at radius 2 is 2.06 bits per heavy atom. The van der Waals surface area contributed by atoms with Gasteiger partial charge in [-0.2, -0.15) is 0 Å². The fourth-order valence-electron chi connectivity index (χ4n) is 1.87. The second-order valence-corrected chi connectivity index (χ2v) is 4.84. The zero-order valence-corrected chi connectivity index (χ0v) is 11.2. The maximum Gasteiger partial charge on any atom is 0.220 e.